The van der Waals surface area contributed by atoms with E-state index in [1.165, 1.54) is 12.1 Å². The maximum atomic E-state index is 13.2. The minimum Gasteiger partial charge on any atom is -0.444 e. The number of piperazine rings is 1. The Bertz CT molecular complexity index is 1380. The first-order chi connectivity index (χ1) is 19.4. The number of halogens is 3. The number of imidazole rings is 1. The molecule has 5 rings (SSSR count). The number of carbonyl (C=O) groups is 2. The molecular weight excluding hydrogens is 537 g/mol. The number of amides is 2. The van der Waals surface area contributed by atoms with Crippen LogP contribution in [0.2, 0.25) is 0 Å². The van der Waals surface area contributed by atoms with E-state index in [0.29, 0.717) is 57.0 Å². The summed E-state index contributed by atoms with van der Waals surface area (Å²) >= 11 is 0. The second kappa shape index (κ2) is 11.3. The summed E-state index contributed by atoms with van der Waals surface area (Å²) in [6.07, 6.45) is -3.11. The summed E-state index contributed by atoms with van der Waals surface area (Å²) in [6, 6.07) is 9.04. The number of nitrogens with zero attached hydrogens (tertiary/aromatic N) is 5. The van der Waals surface area contributed by atoms with Crippen LogP contribution in [0, 0.1) is 0 Å². The maximum absolute atomic E-state index is 13.2. The van der Waals surface area contributed by atoms with E-state index in [2.05, 4.69) is 14.9 Å². The van der Waals surface area contributed by atoms with Crippen molar-refractivity contribution in [2.24, 2.45) is 0 Å². The standard InChI is InChI=1S/C29H35F3N6O3/c1-28(2,3)41-27(40)38-12-10-20(11-13-38)22-8-9-23-24(33-22)35-25(34-23)26(39)37-16-14-36(15-17-37)18-19-4-6-21(7-5-19)29(30,31)32/h4-9,20H,10-18H2,1-3H3,(H,33,34,35). The summed E-state index contributed by atoms with van der Waals surface area (Å²) in [4.78, 5) is 43.5. The zero-order chi connectivity index (χ0) is 29.4. The molecule has 0 radical (unpaired) electrons. The Morgan fingerprint density at radius 3 is 2.17 bits per heavy atom. The quantitative estimate of drug-likeness (QED) is 0.470. The zero-order valence-corrected chi connectivity index (χ0v) is 23.5. The van der Waals surface area contributed by atoms with Crippen molar-refractivity contribution < 1.29 is 27.5 Å². The molecule has 9 nitrogen and oxygen atoms in total. The highest BCUT2D eigenvalue weighted by molar-refractivity contribution is 5.93. The molecule has 0 unspecified atom stereocenters. The van der Waals surface area contributed by atoms with Crippen molar-refractivity contribution in [3.63, 3.8) is 0 Å². The number of alkyl halides is 3. The molecule has 0 saturated carbocycles. The Labute approximate surface area is 236 Å². The van der Waals surface area contributed by atoms with Gasteiger partial charge in [0.1, 0.15) is 5.60 Å². The summed E-state index contributed by atoms with van der Waals surface area (Å²) in [5.41, 5.74) is 1.67. The van der Waals surface area contributed by atoms with Crippen LogP contribution in [0.3, 0.4) is 0 Å². The Kier molecular flexibility index (Phi) is 7.95. The van der Waals surface area contributed by atoms with E-state index >= 15 is 0 Å². The van der Waals surface area contributed by atoms with Crippen LogP contribution in [0.1, 0.15) is 67.0 Å². The van der Waals surface area contributed by atoms with Gasteiger partial charge in [-0.15, -0.1) is 0 Å². The molecule has 3 aromatic rings. The van der Waals surface area contributed by atoms with E-state index in [9.17, 15) is 22.8 Å². The van der Waals surface area contributed by atoms with Crippen molar-refractivity contribution in [2.75, 3.05) is 39.3 Å². The van der Waals surface area contributed by atoms with Crippen LogP contribution in [-0.4, -0.2) is 86.5 Å². The Morgan fingerprint density at radius 1 is 0.902 bits per heavy atom. The molecule has 0 atom stereocenters. The number of aromatic amines is 1. The highest BCUT2D eigenvalue weighted by Crippen LogP contribution is 2.30. The first-order valence-electron chi connectivity index (χ1n) is 13.9. The number of nitrogens with one attached hydrogen (secondary N) is 1. The van der Waals surface area contributed by atoms with Gasteiger partial charge in [0.25, 0.3) is 5.91 Å². The number of carbonyl (C=O) groups excluding carboxylic acids is 2. The maximum Gasteiger partial charge on any atom is 0.416 e. The Hall–Kier alpha value is -3.67. The van der Waals surface area contributed by atoms with E-state index in [0.717, 1.165) is 36.2 Å². The number of fused-ring (bicyclic) bond motifs is 1. The highest BCUT2D eigenvalue weighted by atomic mass is 19.4. The fraction of sp³-hybridized carbons (Fsp3) is 0.517. The molecule has 1 aromatic carbocycles. The van der Waals surface area contributed by atoms with Gasteiger partial charge in [-0.05, 0) is 63.4 Å². The molecule has 41 heavy (non-hydrogen) atoms. The molecule has 2 amide bonds. The minimum absolute atomic E-state index is 0.187. The lowest BCUT2D eigenvalue weighted by Crippen LogP contribution is -2.48. The average Bonchev–Trinajstić information content (AvgIpc) is 3.36. The topological polar surface area (TPSA) is 94.7 Å². The molecule has 2 aromatic heterocycles. The summed E-state index contributed by atoms with van der Waals surface area (Å²) < 4.78 is 43.9. The molecule has 2 fully saturated rings. The van der Waals surface area contributed by atoms with Crippen molar-refractivity contribution in [1.82, 2.24) is 29.7 Å². The van der Waals surface area contributed by atoms with Gasteiger partial charge in [0.15, 0.2) is 11.5 Å². The smallest absolute Gasteiger partial charge is 0.416 e. The highest BCUT2D eigenvalue weighted by Gasteiger charge is 2.31. The zero-order valence-electron chi connectivity index (χ0n) is 23.5. The predicted octanol–water partition coefficient (Wildman–Crippen LogP) is 5.05. The van der Waals surface area contributed by atoms with Crippen molar-refractivity contribution in [3.8, 4) is 0 Å². The van der Waals surface area contributed by atoms with Gasteiger partial charge in [0, 0.05) is 57.4 Å². The molecule has 0 spiro atoms. The van der Waals surface area contributed by atoms with Gasteiger partial charge in [-0.25, -0.2) is 14.8 Å². The molecular formula is C29H35F3N6O3. The van der Waals surface area contributed by atoms with Gasteiger partial charge in [0.2, 0.25) is 0 Å². The molecule has 0 bridgehead atoms. The van der Waals surface area contributed by atoms with Gasteiger partial charge < -0.3 is 19.5 Å². The second-order valence-corrected chi connectivity index (χ2v) is 11.7. The molecule has 4 heterocycles. The summed E-state index contributed by atoms with van der Waals surface area (Å²) in [6.45, 7) is 9.47. The van der Waals surface area contributed by atoms with Crippen LogP contribution in [-0.2, 0) is 17.5 Å². The number of likely N-dealkylation sites (tertiary alicyclic amines) is 1. The lowest BCUT2D eigenvalue weighted by Gasteiger charge is -2.34. The number of hydrogen-bond donors (Lipinski definition) is 1. The Morgan fingerprint density at radius 2 is 1.56 bits per heavy atom. The van der Waals surface area contributed by atoms with Gasteiger partial charge in [-0.1, -0.05) is 12.1 Å². The minimum atomic E-state index is -4.35. The molecule has 220 valence electrons. The van der Waals surface area contributed by atoms with Gasteiger partial charge in [0.05, 0.1) is 11.1 Å². The predicted molar refractivity (Wildman–Crippen MR) is 146 cm³/mol. The lowest BCUT2D eigenvalue weighted by atomic mass is 9.93. The van der Waals surface area contributed by atoms with Crippen LogP contribution in [0.15, 0.2) is 36.4 Å². The average molecular weight is 573 g/mol. The number of benzene rings is 1. The molecule has 2 saturated heterocycles. The van der Waals surface area contributed by atoms with Gasteiger partial charge in [-0.2, -0.15) is 13.2 Å². The fourth-order valence-corrected chi connectivity index (χ4v) is 5.24. The van der Waals surface area contributed by atoms with Crippen molar-refractivity contribution in [3.05, 3.63) is 59.0 Å². The first kappa shape index (κ1) is 28.8. The third-order valence-electron chi connectivity index (χ3n) is 7.48. The van der Waals surface area contributed by atoms with Crippen LogP contribution in [0.4, 0.5) is 18.0 Å². The van der Waals surface area contributed by atoms with Gasteiger partial charge in [-0.3, -0.25) is 9.69 Å². The molecule has 12 heteroatoms. The van der Waals surface area contributed by atoms with E-state index in [1.807, 2.05) is 32.9 Å². The third kappa shape index (κ3) is 6.98. The van der Waals surface area contributed by atoms with Crippen LogP contribution < -0.4 is 0 Å². The largest absolute Gasteiger partial charge is 0.444 e. The van der Waals surface area contributed by atoms with Crippen molar-refractivity contribution >= 4 is 23.2 Å². The summed E-state index contributed by atoms with van der Waals surface area (Å²) in [5.74, 6) is 0.219. The molecule has 0 aliphatic carbocycles. The van der Waals surface area contributed by atoms with Crippen LogP contribution in [0.5, 0.6) is 0 Å². The number of hydrogen-bond acceptors (Lipinski definition) is 6. The number of pyridine rings is 1. The lowest BCUT2D eigenvalue weighted by molar-refractivity contribution is -0.137. The van der Waals surface area contributed by atoms with Gasteiger partial charge >= 0.3 is 12.3 Å². The van der Waals surface area contributed by atoms with Crippen LogP contribution >= 0.6 is 0 Å². The summed E-state index contributed by atoms with van der Waals surface area (Å²) in [5, 5.41) is 0. The fourth-order valence-electron chi connectivity index (χ4n) is 5.24. The second-order valence-electron chi connectivity index (χ2n) is 11.7. The molecule has 2 aliphatic rings. The van der Waals surface area contributed by atoms with Crippen LogP contribution in [0.25, 0.3) is 11.2 Å². The SMILES string of the molecule is CC(C)(C)OC(=O)N1CCC(c2ccc3[nH]c(C(=O)N4CCN(Cc5ccc(C(F)(F)F)cc5)CC4)nc3n2)CC1. The van der Waals surface area contributed by atoms with E-state index in [1.54, 1.807) is 9.80 Å². The van der Waals surface area contributed by atoms with Crippen molar-refractivity contribution in [1.29, 1.82) is 0 Å². The van der Waals surface area contributed by atoms with E-state index < -0.39 is 17.3 Å². The number of ether oxygens (including phenoxy) is 1. The normalized spacial score (nSPS) is 17.7. The van der Waals surface area contributed by atoms with E-state index in [-0.39, 0.29) is 23.7 Å². The molecule has 2 aliphatic heterocycles. The number of H-pyrrole nitrogens is 1. The number of aromatic nitrogens is 3. The van der Waals surface area contributed by atoms with Crippen molar-refractivity contribution in [2.45, 2.75) is 57.9 Å². The summed E-state index contributed by atoms with van der Waals surface area (Å²) in [7, 11) is 0. The number of piperidine rings is 1. The van der Waals surface area contributed by atoms with E-state index in [4.69, 9.17) is 9.72 Å². The number of rotatable bonds is 4. The Balaban J connectivity index is 1.15. The molecule has 1 N–H and O–H groups in total. The monoisotopic (exact) mass is 572 g/mol. The first-order valence-corrected chi connectivity index (χ1v) is 13.9. The third-order valence-corrected chi connectivity index (χ3v) is 7.48.